The Balaban J connectivity index is 1.48. The van der Waals surface area contributed by atoms with E-state index < -0.39 is 0 Å². The zero-order valence-electron chi connectivity index (χ0n) is 13.5. The molecule has 1 aliphatic rings. The van der Waals surface area contributed by atoms with Gasteiger partial charge in [0.05, 0.1) is 12.2 Å². The molecule has 0 saturated carbocycles. The molecule has 0 bridgehead atoms. The van der Waals surface area contributed by atoms with Crippen LogP contribution in [0.5, 0.6) is 0 Å². The first-order valence-electron chi connectivity index (χ1n) is 7.99. The van der Waals surface area contributed by atoms with Gasteiger partial charge in [0, 0.05) is 26.2 Å². The van der Waals surface area contributed by atoms with E-state index in [1.165, 1.54) is 17.4 Å². The SMILES string of the molecule is CCc1nnc(NC(=O)CN2CCN(c3ccccc3F)CC2)s1. The van der Waals surface area contributed by atoms with Gasteiger partial charge in [-0.2, -0.15) is 0 Å². The topological polar surface area (TPSA) is 61.4 Å². The van der Waals surface area contributed by atoms with E-state index in [1.54, 1.807) is 12.1 Å². The molecule has 6 nitrogen and oxygen atoms in total. The standard InChI is InChI=1S/C16H20FN5OS/c1-2-15-19-20-16(24-15)18-14(23)11-21-7-9-22(10-8-21)13-6-4-3-5-12(13)17/h3-6H,2,7-11H2,1H3,(H,18,20,23). The highest BCUT2D eigenvalue weighted by Gasteiger charge is 2.21. The van der Waals surface area contributed by atoms with Crippen LogP contribution in [0.1, 0.15) is 11.9 Å². The van der Waals surface area contributed by atoms with Crippen molar-refractivity contribution in [2.45, 2.75) is 13.3 Å². The van der Waals surface area contributed by atoms with Gasteiger partial charge in [0.15, 0.2) is 0 Å². The number of piperazine rings is 1. The Morgan fingerprint density at radius 3 is 2.67 bits per heavy atom. The summed E-state index contributed by atoms with van der Waals surface area (Å²) in [6.45, 7) is 5.16. The summed E-state index contributed by atoms with van der Waals surface area (Å²) in [6, 6.07) is 6.79. The molecule has 1 amide bonds. The molecule has 128 valence electrons. The van der Waals surface area contributed by atoms with Crippen LogP contribution in [0.25, 0.3) is 0 Å². The van der Waals surface area contributed by atoms with Crippen LogP contribution in [0, 0.1) is 5.82 Å². The molecule has 0 spiro atoms. The Morgan fingerprint density at radius 1 is 1.25 bits per heavy atom. The zero-order valence-corrected chi connectivity index (χ0v) is 14.4. The Kier molecular flexibility index (Phi) is 5.37. The Morgan fingerprint density at radius 2 is 2.00 bits per heavy atom. The maximum absolute atomic E-state index is 13.8. The predicted molar refractivity (Wildman–Crippen MR) is 93.0 cm³/mol. The summed E-state index contributed by atoms with van der Waals surface area (Å²) in [5, 5.41) is 12.2. The van der Waals surface area contributed by atoms with Gasteiger partial charge in [-0.15, -0.1) is 10.2 Å². The molecule has 0 radical (unpaired) electrons. The fourth-order valence-electron chi connectivity index (χ4n) is 2.66. The van der Waals surface area contributed by atoms with Gasteiger partial charge in [-0.05, 0) is 18.6 Å². The van der Waals surface area contributed by atoms with Crippen molar-refractivity contribution in [3.63, 3.8) is 0 Å². The van der Waals surface area contributed by atoms with E-state index in [4.69, 9.17) is 0 Å². The highest BCUT2D eigenvalue weighted by molar-refractivity contribution is 7.15. The number of aromatic nitrogens is 2. The van der Waals surface area contributed by atoms with Crippen LogP contribution in [-0.2, 0) is 11.2 Å². The van der Waals surface area contributed by atoms with Gasteiger partial charge in [0.25, 0.3) is 0 Å². The number of aryl methyl sites for hydroxylation is 1. The minimum absolute atomic E-state index is 0.0897. The number of hydrogen-bond acceptors (Lipinski definition) is 6. The highest BCUT2D eigenvalue weighted by atomic mass is 32.1. The minimum Gasteiger partial charge on any atom is -0.367 e. The summed E-state index contributed by atoms with van der Waals surface area (Å²) in [4.78, 5) is 16.2. The summed E-state index contributed by atoms with van der Waals surface area (Å²) in [7, 11) is 0. The molecule has 1 aromatic carbocycles. The summed E-state index contributed by atoms with van der Waals surface area (Å²) < 4.78 is 13.8. The lowest BCUT2D eigenvalue weighted by molar-refractivity contribution is -0.117. The lowest BCUT2D eigenvalue weighted by Gasteiger charge is -2.35. The summed E-state index contributed by atoms with van der Waals surface area (Å²) in [6.07, 6.45) is 0.811. The number of rotatable bonds is 5. The first kappa shape index (κ1) is 16.8. The molecule has 1 fully saturated rings. The molecular formula is C16H20FN5OS. The molecular weight excluding hydrogens is 329 g/mol. The van der Waals surface area contributed by atoms with Gasteiger partial charge in [-0.1, -0.05) is 30.4 Å². The smallest absolute Gasteiger partial charge is 0.240 e. The molecule has 24 heavy (non-hydrogen) atoms. The van der Waals surface area contributed by atoms with Gasteiger partial charge in [-0.25, -0.2) is 4.39 Å². The first-order chi connectivity index (χ1) is 11.7. The number of benzene rings is 1. The third-order valence-electron chi connectivity index (χ3n) is 3.95. The van der Waals surface area contributed by atoms with Crippen molar-refractivity contribution >= 4 is 28.1 Å². The number of carbonyl (C=O) groups excluding carboxylic acids is 1. The number of amides is 1. The van der Waals surface area contributed by atoms with Crippen LogP contribution in [0.4, 0.5) is 15.2 Å². The number of para-hydroxylation sites is 1. The average Bonchev–Trinajstić information content (AvgIpc) is 3.03. The molecule has 0 unspecified atom stereocenters. The molecule has 2 aromatic rings. The van der Waals surface area contributed by atoms with Gasteiger partial charge in [0.2, 0.25) is 11.0 Å². The number of hydrogen-bond donors (Lipinski definition) is 1. The van der Waals surface area contributed by atoms with E-state index in [0.717, 1.165) is 24.5 Å². The van der Waals surface area contributed by atoms with E-state index >= 15 is 0 Å². The number of nitrogens with one attached hydrogen (secondary N) is 1. The lowest BCUT2D eigenvalue weighted by atomic mass is 10.2. The van der Waals surface area contributed by atoms with E-state index in [0.29, 0.717) is 30.5 Å². The van der Waals surface area contributed by atoms with Crippen molar-refractivity contribution in [2.24, 2.45) is 0 Å². The molecule has 1 saturated heterocycles. The summed E-state index contributed by atoms with van der Waals surface area (Å²) in [5.74, 6) is -0.292. The van der Waals surface area contributed by atoms with Crippen LogP contribution in [0.15, 0.2) is 24.3 Å². The maximum Gasteiger partial charge on any atom is 0.240 e. The monoisotopic (exact) mass is 349 g/mol. The number of nitrogens with zero attached hydrogens (tertiary/aromatic N) is 4. The third kappa shape index (κ3) is 4.07. The lowest BCUT2D eigenvalue weighted by Crippen LogP contribution is -2.48. The Labute approximate surface area is 144 Å². The third-order valence-corrected chi connectivity index (χ3v) is 4.93. The van der Waals surface area contributed by atoms with Gasteiger partial charge < -0.3 is 4.90 Å². The molecule has 1 N–H and O–H groups in total. The van der Waals surface area contributed by atoms with Crippen LogP contribution in [0.2, 0.25) is 0 Å². The molecule has 2 heterocycles. The van der Waals surface area contributed by atoms with E-state index in [-0.39, 0.29) is 11.7 Å². The Hall–Kier alpha value is -2.06. The first-order valence-corrected chi connectivity index (χ1v) is 8.81. The van der Waals surface area contributed by atoms with E-state index in [1.807, 2.05) is 17.9 Å². The normalized spacial score (nSPS) is 15.5. The second-order valence-electron chi connectivity index (χ2n) is 5.62. The largest absolute Gasteiger partial charge is 0.367 e. The van der Waals surface area contributed by atoms with Crippen LogP contribution >= 0.6 is 11.3 Å². The highest BCUT2D eigenvalue weighted by Crippen LogP contribution is 2.20. The second kappa shape index (κ2) is 7.67. The fraction of sp³-hybridized carbons (Fsp3) is 0.438. The second-order valence-corrected chi connectivity index (χ2v) is 6.68. The van der Waals surface area contributed by atoms with E-state index in [9.17, 15) is 9.18 Å². The van der Waals surface area contributed by atoms with Crippen molar-refractivity contribution in [1.82, 2.24) is 15.1 Å². The minimum atomic E-state index is -0.202. The molecule has 1 aliphatic heterocycles. The quantitative estimate of drug-likeness (QED) is 0.895. The molecule has 0 aliphatic carbocycles. The Bertz CT molecular complexity index is 699. The molecule has 1 aromatic heterocycles. The van der Waals surface area contributed by atoms with Crippen molar-refractivity contribution in [1.29, 1.82) is 0 Å². The van der Waals surface area contributed by atoms with Crippen LogP contribution in [-0.4, -0.2) is 53.7 Å². The summed E-state index contributed by atoms with van der Waals surface area (Å²) in [5.41, 5.74) is 0.627. The van der Waals surface area contributed by atoms with Crippen LogP contribution < -0.4 is 10.2 Å². The fourth-order valence-corrected chi connectivity index (χ4v) is 3.36. The van der Waals surface area contributed by atoms with Gasteiger partial charge in [0.1, 0.15) is 10.8 Å². The number of anilines is 2. The molecule has 8 heteroatoms. The predicted octanol–water partition coefficient (Wildman–Crippen LogP) is 2.00. The number of carbonyl (C=O) groups is 1. The van der Waals surface area contributed by atoms with E-state index in [2.05, 4.69) is 20.4 Å². The summed E-state index contributed by atoms with van der Waals surface area (Å²) >= 11 is 1.40. The van der Waals surface area contributed by atoms with Gasteiger partial charge in [-0.3, -0.25) is 15.0 Å². The van der Waals surface area contributed by atoms with Crippen molar-refractivity contribution in [3.8, 4) is 0 Å². The maximum atomic E-state index is 13.8. The molecule has 0 atom stereocenters. The van der Waals surface area contributed by atoms with Crippen molar-refractivity contribution in [3.05, 3.63) is 35.1 Å². The number of halogens is 1. The zero-order chi connectivity index (χ0) is 16.9. The van der Waals surface area contributed by atoms with Crippen molar-refractivity contribution in [2.75, 3.05) is 42.9 Å². The molecule has 3 rings (SSSR count). The van der Waals surface area contributed by atoms with Crippen LogP contribution in [0.3, 0.4) is 0 Å². The average molecular weight is 349 g/mol. The van der Waals surface area contributed by atoms with Crippen molar-refractivity contribution < 1.29 is 9.18 Å². The van der Waals surface area contributed by atoms with Gasteiger partial charge >= 0.3 is 0 Å².